The van der Waals surface area contributed by atoms with Crippen molar-refractivity contribution < 1.29 is 4.42 Å². The van der Waals surface area contributed by atoms with Crippen LogP contribution in [-0.4, -0.2) is 0 Å². The normalized spacial score (nSPS) is 12.7. The third kappa shape index (κ3) is 2.59. The summed E-state index contributed by atoms with van der Waals surface area (Å²) in [5.41, 5.74) is 1.34. The van der Waals surface area contributed by atoms with Gasteiger partial charge in [-0.3, -0.25) is 0 Å². The van der Waals surface area contributed by atoms with Gasteiger partial charge in [-0.1, -0.05) is 58.4 Å². The Hall–Kier alpha value is -1.54. The number of hydrogen-bond acceptors (Lipinski definition) is 1. The minimum Gasteiger partial charge on any atom is -0.465 e. The largest absolute Gasteiger partial charge is 0.465 e. The molecule has 2 aromatic carbocycles. The average Bonchev–Trinajstić information content (AvgIpc) is 2.86. The van der Waals surface area contributed by atoms with Gasteiger partial charge in [-0.2, -0.15) is 0 Å². The number of rotatable bonds is 3. The first-order chi connectivity index (χ1) is 9.24. The zero-order valence-corrected chi connectivity index (χ0v) is 12.4. The van der Waals surface area contributed by atoms with E-state index in [9.17, 15) is 0 Å². The molecular weight excluding hydrogens is 300 g/mol. The van der Waals surface area contributed by atoms with Crippen molar-refractivity contribution in [2.75, 3.05) is 0 Å². The van der Waals surface area contributed by atoms with Crippen molar-refractivity contribution in [2.45, 2.75) is 18.2 Å². The molecule has 3 aromatic rings. The maximum atomic E-state index is 5.68. The molecule has 0 saturated heterocycles. The molecule has 3 rings (SSSR count). The molecule has 0 aliphatic rings. The third-order valence-corrected chi connectivity index (χ3v) is 4.12. The first kappa shape index (κ1) is 12.5. The van der Waals surface area contributed by atoms with Crippen LogP contribution in [0, 0.1) is 6.92 Å². The fraction of sp³-hybridized carbons (Fsp3) is 0.176. The van der Waals surface area contributed by atoms with Gasteiger partial charge in [0.05, 0.1) is 4.83 Å². The molecular formula is C17H15BrO. The van der Waals surface area contributed by atoms with Crippen LogP contribution < -0.4 is 0 Å². The van der Waals surface area contributed by atoms with Crippen LogP contribution in [0.4, 0.5) is 0 Å². The molecule has 0 aliphatic heterocycles. The Kier molecular flexibility index (Phi) is 3.43. The number of fused-ring (bicyclic) bond motifs is 1. The summed E-state index contributed by atoms with van der Waals surface area (Å²) in [6, 6.07) is 19.0. The van der Waals surface area contributed by atoms with Crippen molar-refractivity contribution in [3.05, 3.63) is 71.7 Å². The summed E-state index contributed by atoms with van der Waals surface area (Å²) in [6.45, 7) is 1.97. The van der Waals surface area contributed by atoms with Gasteiger partial charge in [0.1, 0.15) is 11.5 Å². The van der Waals surface area contributed by atoms with Crippen LogP contribution in [-0.2, 0) is 6.42 Å². The van der Waals surface area contributed by atoms with Crippen molar-refractivity contribution in [3.63, 3.8) is 0 Å². The number of furan rings is 1. The van der Waals surface area contributed by atoms with Crippen molar-refractivity contribution in [2.24, 2.45) is 0 Å². The quantitative estimate of drug-likeness (QED) is 0.588. The summed E-state index contributed by atoms with van der Waals surface area (Å²) in [4.78, 5) is 0.215. The molecule has 0 fully saturated rings. The lowest BCUT2D eigenvalue weighted by Crippen LogP contribution is -1.94. The van der Waals surface area contributed by atoms with E-state index in [1.54, 1.807) is 0 Å². The van der Waals surface area contributed by atoms with E-state index in [0.717, 1.165) is 17.9 Å². The molecule has 1 aromatic heterocycles. The smallest absolute Gasteiger partial charge is 0.118 e. The van der Waals surface area contributed by atoms with Gasteiger partial charge in [0.2, 0.25) is 0 Å². The predicted octanol–water partition coefficient (Wildman–Crippen LogP) is 5.42. The van der Waals surface area contributed by atoms with Crippen LogP contribution in [0.25, 0.3) is 10.8 Å². The molecule has 1 nitrogen and oxygen atoms in total. The number of halogens is 1. The highest BCUT2D eigenvalue weighted by Crippen LogP contribution is 2.31. The number of hydrogen-bond donors (Lipinski definition) is 0. The molecule has 0 bridgehead atoms. The molecule has 0 spiro atoms. The van der Waals surface area contributed by atoms with E-state index in [1.165, 1.54) is 16.3 Å². The lowest BCUT2D eigenvalue weighted by atomic mass is 10.0. The van der Waals surface area contributed by atoms with Crippen LogP contribution in [0.5, 0.6) is 0 Å². The zero-order valence-electron chi connectivity index (χ0n) is 10.8. The summed E-state index contributed by atoms with van der Waals surface area (Å²) >= 11 is 3.73. The van der Waals surface area contributed by atoms with E-state index >= 15 is 0 Å². The molecule has 19 heavy (non-hydrogen) atoms. The minimum absolute atomic E-state index is 0.215. The highest BCUT2D eigenvalue weighted by atomic mass is 79.9. The van der Waals surface area contributed by atoms with E-state index in [4.69, 9.17) is 4.42 Å². The highest BCUT2D eigenvalue weighted by Gasteiger charge is 2.13. The molecule has 96 valence electrons. The van der Waals surface area contributed by atoms with Crippen molar-refractivity contribution in [3.8, 4) is 0 Å². The van der Waals surface area contributed by atoms with E-state index in [2.05, 4.69) is 58.4 Å². The molecule has 0 amide bonds. The Morgan fingerprint density at radius 2 is 1.79 bits per heavy atom. The van der Waals surface area contributed by atoms with Gasteiger partial charge < -0.3 is 4.42 Å². The monoisotopic (exact) mass is 314 g/mol. The molecule has 2 heteroatoms. The molecule has 0 saturated carbocycles. The van der Waals surface area contributed by atoms with Gasteiger partial charge in [-0.05, 0) is 41.8 Å². The molecule has 0 radical (unpaired) electrons. The van der Waals surface area contributed by atoms with Gasteiger partial charge in [0.25, 0.3) is 0 Å². The second kappa shape index (κ2) is 5.22. The first-order valence-electron chi connectivity index (χ1n) is 6.41. The summed E-state index contributed by atoms with van der Waals surface area (Å²) in [6.07, 6.45) is 0.925. The zero-order chi connectivity index (χ0) is 13.2. The van der Waals surface area contributed by atoms with Crippen molar-refractivity contribution >= 4 is 26.7 Å². The Morgan fingerprint density at radius 3 is 2.58 bits per heavy atom. The molecule has 1 atom stereocenters. The Morgan fingerprint density at radius 1 is 1.00 bits per heavy atom. The molecule has 1 unspecified atom stereocenters. The third-order valence-electron chi connectivity index (χ3n) is 3.35. The SMILES string of the molecule is Cc1ccc(C(Br)Cc2cccc3ccccc23)o1. The van der Waals surface area contributed by atoms with Crippen LogP contribution in [0.3, 0.4) is 0 Å². The topological polar surface area (TPSA) is 13.1 Å². The summed E-state index contributed by atoms with van der Waals surface area (Å²) in [5, 5.41) is 2.60. The Labute approximate surface area is 121 Å². The number of benzene rings is 2. The standard InChI is InChI=1S/C17H15BrO/c1-12-9-10-17(19-12)16(18)11-14-7-4-6-13-5-2-3-8-15(13)14/h2-10,16H,11H2,1H3. The lowest BCUT2D eigenvalue weighted by Gasteiger charge is -2.10. The average molecular weight is 315 g/mol. The fourth-order valence-electron chi connectivity index (χ4n) is 2.39. The second-order valence-electron chi connectivity index (χ2n) is 4.76. The van der Waals surface area contributed by atoms with Gasteiger partial charge >= 0.3 is 0 Å². The van der Waals surface area contributed by atoms with Gasteiger partial charge in [0.15, 0.2) is 0 Å². The maximum absolute atomic E-state index is 5.68. The van der Waals surface area contributed by atoms with Gasteiger partial charge in [-0.15, -0.1) is 0 Å². The Bertz CT molecular complexity index is 694. The highest BCUT2D eigenvalue weighted by molar-refractivity contribution is 9.09. The summed E-state index contributed by atoms with van der Waals surface area (Å²) in [7, 11) is 0. The van der Waals surface area contributed by atoms with E-state index in [0.29, 0.717) is 0 Å². The first-order valence-corrected chi connectivity index (χ1v) is 7.32. The lowest BCUT2D eigenvalue weighted by molar-refractivity contribution is 0.481. The predicted molar refractivity (Wildman–Crippen MR) is 82.8 cm³/mol. The number of aryl methyl sites for hydroxylation is 1. The van der Waals surface area contributed by atoms with Crippen LogP contribution in [0.15, 0.2) is 59.0 Å². The van der Waals surface area contributed by atoms with Crippen LogP contribution in [0.1, 0.15) is 21.9 Å². The fourth-order valence-corrected chi connectivity index (χ4v) is 2.98. The van der Waals surface area contributed by atoms with Gasteiger partial charge in [-0.25, -0.2) is 0 Å². The van der Waals surface area contributed by atoms with E-state index in [-0.39, 0.29) is 4.83 Å². The minimum atomic E-state index is 0.215. The number of alkyl halides is 1. The molecule has 0 aliphatic carbocycles. The van der Waals surface area contributed by atoms with Crippen molar-refractivity contribution in [1.29, 1.82) is 0 Å². The van der Waals surface area contributed by atoms with Crippen LogP contribution >= 0.6 is 15.9 Å². The summed E-state index contributed by atoms with van der Waals surface area (Å²) in [5.74, 6) is 1.95. The van der Waals surface area contributed by atoms with E-state index < -0.39 is 0 Å². The van der Waals surface area contributed by atoms with E-state index in [1.807, 2.05) is 19.1 Å². The van der Waals surface area contributed by atoms with Crippen LogP contribution in [0.2, 0.25) is 0 Å². The second-order valence-corrected chi connectivity index (χ2v) is 5.86. The summed E-state index contributed by atoms with van der Waals surface area (Å²) < 4.78 is 5.68. The molecule has 0 N–H and O–H groups in total. The Balaban J connectivity index is 1.93. The maximum Gasteiger partial charge on any atom is 0.118 e. The molecule has 1 heterocycles. The van der Waals surface area contributed by atoms with Gasteiger partial charge in [0, 0.05) is 0 Å². The van der Waals surface area contributed by atoms with Crippen molar-refractivity contribution in [1.82, 2.24) is 0 Å².